The predicted octanol–water partition coefficient (Wildman–Crippen LogP) is 4.24. The normalized spacial score (nSPS) is 16.0. The molecule has 1 heterocycles. The summed E-state index contributed by atoms with van der Waals surface area (Å²) in [4.78, 5) is 12.2. The van der Waals surface area contributed by atoms with E-state index in [9.17, 15) is 4.79 Å². The molecule has 0 unspecified atom stereocenters. The molecule has 0 bridgehead atoms. The average molecular weight is 286 g/mol. The SMILES string of the molecule is O=C1/C=C(/c2ccccc2)Nc2cccc3cccc(c23)N1. The van der Waals surface area contributed by atoms with E-state index >= 15 is 0 Å². The minimum atomic E-state index is -0.131. The smallest absolute Gasteiger partial charge is 0.250 e. The Morgan fingerprint density at radius 2 is 1.36 bits per heavy atom. The molecule has 1 amide bonds. The first-order valence-corrected chi connectivity index (χ1v) is 7.18. The molecule has 3 nitrogen and oxygen atoms in total. The van der Waals surface area contributed by atoms with Gasteiger partial charge in [0.05, 0.1) is 11.4 Å². The highest BCUT2D eigenvalue weighted by molar-refractivity contribution is 6.15. The van der Waals surface area contributed by atoms with Crippen LogP contribution in [0, 0.1) is 0 Å². The first kappa shape index (κ1) is 12.7. The maximum atomic E-state index is 12.2. The van der Waals surface area contributed by atoms with Crippen LogP contribution in [-0.4, -0.2) is 5.91 Å². The Kier molecular flexibility index (Phi) is 2.90. The standard InChI is InChI=1S/C19H14N2O/c22-18-12-17(13-6-2-1-3-7-13)20-15-10-4-8-14-9-5-11-16(21-18)19(14)15/h1-12,20H,(H,21,22)/b17-12-. The number of nitrogens with one attached hydrogen (secondary N) is 2. The second-order valence-electron chi connectivity index (χ2n) is 5.25. The zero-order chi connectivity index (χ0) is 14.9. The minimum Gasteiger partial charge on any atom is -0.354 e. The van der Waals surface area contributed by atoms with Crippen LogP contribution in [0.3, 0.4) is 0 Å². The van der Waals surface area contributed by atoms with Crippen LogP contribution in [0.4, 0.5) is 11.4 Å². The molecule has 0 saturated carbocycles. The second-order valence-corrected chi connectivity index (χ2v) is 5.25. The van der Waals surface area contributed by atoms with Gasteiger partial charge in [0.15, 0.2) is 0 Å². The van der Waals surface area contributed by atoms with Gasteiger partial charge in [-0.1, -0.05) is 54.6 Å². The van der Waals surface area contributed by atoms with E-state index in [4.69, 9.17) is 0 Å². The summed E-state index contributed by atoms with van der Waals surface area (Å²) in [5, 5.41) is 8.50. The van der Waals surface area contributed by atoms with Gasteiger partial charge in [-0.2, -0.15) is 0 Å². The lowest BCUT2D eigenvalue weighted by Gasteiger charge is -2.19. The van der Waals surface area contributed by atoms with Crippen LogP contribution < -0.4 is 10.6 Å². The highest BCUT2D eigenvalue weighted by atomic mass is 16.1. The van der Waals surface area contributed by atoms with E-state index in [0.29, 0.717) is 0 Å². The van der Waals surface area contributed by atoms with E-state index in [1.807, 2.05) is 66.7 Å². The Morgan fingerprint density at radius 3 is 2.09 bits per heavy atom. The Labute approximate surface area is 128 Å². The molecule has 1 aliphatic heterocycles. The summed E-state index contributed by atoms with van der Waals surface area (Å²) >= 11 is 0. The van der Waals surface area contributed by atoms with Crippen molar-refractivity contribution >= 4 is 33.8 Å². The van der Waals surface area contributed by atoms with Crippen LogP contribution in [-0.2, 0) is 4.79 Å². The Bertz CT molecular complexity index is 892. The van der Waals surface area contributed by atoms with Crippen LogP contribution in [0.25, 0.3) is 16.5 Å². The summed E-state index contributed by atoms with van der Waals surface area (Å²) in [6.45, 7) is 0. The molecule has 0 saturated heterocycles. The first-order valence-electron chi connectivity index (χ1n) is 7.18. The molecule has 0 aromatic heterocycles. The third-order valence-corrected chi connectivity index (χ3v) is 3.79. The van der Waals surface area contributed by atoms with Gasteiger partial charge in [-0.3, -0.25) is 4.79 Å². The number of carbonyl (C=O) groups is 1. The van der Waals surface area contributed by atoms with Crippen molar-refractivity contribution in [3.63, 3.8) is 0 Å². The molecule has 0 spiro atoms. The monoisotopic (exact) mass is 286 g/mol. The van der Waals surface area contributed by atoms with Crippen LogP contribution >= 0.6 is 0 Å². The molecule has 22 heavy (non-hydrogen) atoms. The second kappa shape index (κ2) is 5.04. The molecule has 4 rings (SSSR count). The van der Waals surface area contributed by atoms with Gasteiger partial charge in [-0.15, -0.1) is 0 Å². The van der Waals surface area contributed by atoms with Crippen LogP contribution in [0.15, 0.2) is 72.8 Å². The summed E-state index contributed by atoms with van der Waals surface area (Å²) in [5.41, 5.74) is 3.59. The van der Waals surface area contributed by atoms with E-state index in [1.165, 1.54) is 0 Å². The fraction of sp³-hybridized carbons (Fsp3) is 0. The van der Waals surface area contributed by atoms with Gasteiger partial charge in [-0.25, -0.2) is 0 Å². The van der Waals surface area contributed by atoms with Crippen LogP contribution in [0.1, 0.15) is 5.56 Å². The molecule has 3 heteroatoms. The van der Waals surface area contributed by atoms with Gasteiger partial charge in [0.25, 0.3) is 0 Å². The molecule has 0 aliphatic carbocycles. The highest BCUT2D eigenvalue weighted by Crippen LogP contribution is 2.34. The van der Waals surface area contributed by atoms with Crippen molar-refractivity contribution in [3.8, 4) is 0 Å². The van der Waals surface area contributed by atoms with Crippen LogP contribution in [0.5, 0.6) is 0 Å². The predicted molar refractivity (Wildman–Crippen MR) is 90.6 cm³/mol. The van der Waals surface area contributed by atoms with Crippen molar-refractivity contribution in [1.29, 1.82) is 0 Å². The van der Waals surface area contributed by atoms with Crippen molar-refractivity contribution < 1.29 is 4.79 Å². The number of carbonyl (C=O) groups excluding carboxylic acids is 1. The lowest BCUT2D eigenvalue weighted by Crippen LogP contribution is -2.14. The van der Waals surface area contributed by atoms with Gasteiger partial charge in [0.2, 0.25) is 5.91 Å². The number of hydrogen-bond acceptors (Lipinski definition) is 2. The van der Waals surface area contributed by atoms with Gasteiger partial charge in [0, 0.05) is 17.1 Å². The van der Waals surface area contributed by atoms with Gasteiger partial charge < -0.3 is 10.6 Å². The van der Waals surface area contributed by atoms with Crippen LogP contribution in [0.2, 0.25) is 0 Å². The maximum absolute atomic E-state index is 12.2. The summed E-state index contributed by atoms with van der Waals surface area (Å²) in [6, 6.07) is 21.9. The van der Waals surface area contributed by atoms with Crippen molar-refractivity contribution in [2.75, 3.05) is 10.6 Å². The van der Waals surface area contributed by atoms with E-state index < -0.39 is 0 Å². The number of hydrogen-bond donors (Lipinski definition) is 2. The Balaban J connectivity index is 1.92. The van der Waals surface area contributed by atoms with Gasteiger partial charge in [-0.05, 0) is 23.1 Å². The average Bonchev–Trinajstić information content (AvgIpc) is 2.54. The maximum Gasteiger partial charge on any atom is 0.250 e. The topological polar surface area (TPSA) is 41.1 Å². The quantitative estimate of drug-likeness (QED) is 0.702. The van der Waals surface area contributed by atoms with Gasteiger partial charge >= 0.3 is 0 Å². The van der Waals surface area contributed by atoms with E-state index in [0.717, 1.165) is 33.4 Å². The number of rotatable bonds is 1. The van der Waals surface area contributed by atoms with E-state index in [-0.39, 0.29) is 5.91 Å². The minimum absolute atomic E-state index is 0.131. The molecule has 2 N–H and O–H groups in total. The molecule has 0 radical (unpaired) electrons. The van der Waals surface area contributed by atoms with E-state index in [2.05, 4.69) is 10.6 Å². The third kappa shape index (κ3) is 2.13. The molecule has 1 aliphatic rings. The molecule has 3 aromatic rings. The lowest BCUT2D eigenvalue weighted by atomic mass is 10.0. The molecule has 106 valence electrons. The van der Waals surface area contributed by atoms with Crippen molar-refractivity contribution in [3.05, 3.63) is 78.4 Å². The lowest BCUT2D eigenvalue weighted by molar-refractivity contribution is -0.111. The summed E-state index contributed by atoms with van der Waals surface area (Å²) in [5.74, 6) is -0.131. The zero-order valence-electron chi connectivity index (χ0n) is 11.8. The summed E-state index contributed by atoms with van der Waals surface area (Å²) in [6.07, 6.45) is 1.60. The van der Waals surface area contributed by atoms with Gasteiger partial charge in [0.1, 0.15) is 0 Å². The fourth-order valence-electron chi connectivity index (χ4n) is 2.80. The number of amides is 1. The molecular formula is C19H14N2O. The van der Waals surface area contributed by atoms with E-state index in [1.54, 1.807) is 6.08 Å². The fourth-order valence-corrected chi connectivity index (χ4v) is 2.80. The molecule has 0 fully saturated rings. The summed E-state index contributed by atoms with van der Waals surface area (Å²) < 4.78 is 0. The Hall–Kier alpha value is -3.07. The highest BCUT2D eigenvalue weighted by Gasteiger charge is 2.14. The zero-order valence-corrected chi connectivity index (χ0v) is 11.8. The number of anilines is 2. The molecular weight excluding hydrogens is 272 g/mol. The summed E-state index contributed by atoms with van der Waals surface area (Å²) in [7, 11) is 0. The largest absolute Gasteiger partial charge is 0.354 e. The van der Waals surface area contributed by atoms with Crippen molar-refractivity contribution in [2.45, 2.75) is 0 Å². The molecule has 3 aromatic carbocycles. The third-order valence-electron chi connectivity index (χ3n) is 3.79. The number of benzene rings is 3. The first-order chi connectivity index (χ1) is 10.8. The van der Waals surface area contributed by atoms with Crippen molar-refractivity contribution in [1.82, 2.24) is 0 Å². The van der Waals surface area contributed by atoms with Crippen molar-refractivity contribution in [2.24, 2.45) is 0 Å². The Morgan fingerprint density at radius 1 is 0.682 bits per heavy atom. The molecule has 0 atom stereocenters.